The first-order chi connectivity index (χ1) is 9.90. The third-order valence-corrected chi connectivity index (χ3v) is 3.46. The monoisotopic (exact) mass is 296 g/mol. The molecular formula is C14H20N2O5. The Morgan fingerprint density at radius 1 is 1.38 bits per heavy atom. The molecule has 0 atom stereocenters. The molecule has 1 rings (SSSR count). The van der Waals surface area contributed by atoms with Gasteiger partial charge >= 0.3 is 11.7 Å². The van der Waals surface area contributed by atoms with Gasteiger partial charge in [-0.2, -0.15) is 0 Å². The van der Waals surface area contributed by atoms with Crippen LogP contribution in [0.25, 0.3) is 0 Å². The molecule has 0 spiro atoms. The molecule has 7 nitrogen and oxygen atoms in total. The molecule has 1 aromatic rings. The van der Waals surface area contributed by atoms with Crippen LogP contribution in [0.4, 0.5) is 11.4 Å². The maximum atomic E-state index is 11.5. The molecule has 0 bridgehead atoms. The summed E-state index contributed by atoms with van der Waals surface area (Å²) in [5, 5.41) is 23.3. The minimum absolute atomic E-state index is 0.124. The number of nitro benzene ring substituents is 1. The second kappa shape index (κ2) is 6.92. The summed E-state index contributed by atoms with van der Waals surface area (Å²) in [7, 11) is 0. The fourth-order valence-corrected chi connectivity index (χ4v) is 2.07. The Kier molecular flexibility index (Phi) is 5.52. The van der Waals surface area contributed by atoms with E-state index >= 15 is 0 Å². The van der Waals surface area contributed by atoms with Crippen LogP contribution in [0, 0.1) is 10.1 Å². The average Bonchev–Trinajstić information content (AvgIpc) is 2.44. The Morgan fingerprint density at radius 3 is 2.43 bits per heavy atom. The van der Waals surface area contributed by atoms with Crippen LogP contribution in [0.5, 0.6) is 5.75 Å². The lowest BCUT2D eigenvalue weighted by molar-refractivity contribution is -0.385. The van der Waals surface area contributed by atoms with Crippen molar-refractivity contribution in [3.05, 3.63) is 28.3 Å². The molecule has 2 N–H and O–H groups in total. The third-order valence-electron chi connectivity index (χ3n) is 3.46. The Balaban J connectivity index is 3.17. The van der Waals surface area contributed by atoms with Gasteiger partial charge in [-0.05, 0) is 25.8 Å². The van der Waals surface area contributed by atoms with E-state index in [9.17, 15) is 20.0 Å². The van der Waals surface area contributed by atoms with Gasteiger partial charge in [0.1, 0.15) is 5.54 Å². The van der Waals surface area contributed by atoms with Crippen LogP contribution in [-0.4, -0.2) is 28.1 Å². The molecule has 0 fully saturated rings. The highest BCUT2D eigenvalue weighted by molar-refractivity contribution is 5.83. The SMILES string of the molecule is CCOc1cc(NC(CC)(CC)C(=O)O)ccc1[N+](=O)[O-]. The number of nitrogens with zero attached hydrogens (tertiary/aromatic N) is 1. The zero-order chi connectivity index (χ0) is 16.0. The number of hydrogen-bond donors (Lipinski definition) is 2. The predicted molar refractivity (Wildman–Crippen MR) is 78.8 cm³/mol. The molecule has 0 aromatic heterocycles. The van der Waals surface area contributed by atoms with Crippen molar-refractivity contribution in [2.45, 2.75) is 39.2 Å². The second-order valence-electron chi connectivity index (χ2n) is 4.59. The van der Waals surface area contributed by atoms with E-state index in [4.69, 9.17) is 4.74 Å². The number of carbonyl (C=O) groups is 1. The predicted octanol–water partition coefficient (Wildman–Crippen LogP) is 3.05. The largest absolute Gasteiger partial charge is 0.487 e. The molecule has 0 heterocycles. The van der Waals surface area contributed by atoms with Gasteiger partial charge in [0.25, 0.3) is 0 Å². The van der Waals surface area contributed by atoms with E-state index in [1.165, 1.54) is 18.2 Å². The number of anilines is 1. The number of carboxylic acids is 1. The number of benzene rings is 1. The van der Waals surface area contributed by atoms with Crippen molar-refractivity contribution in [2.75, 3.05) is 11.9 Å². The fraction of sp³-hybridized carbons (Fsp3) is 0.500. The van der Waals surface area contributed by atoms with Crippen molar-refractivity contribution in [1.29, 1.82) is 0 Å². The van der Waals surface area contributed by atoms with Crippen molar-refractivity contribution < 1.29 is 19.6 Å². The summed E-state index contributed by atoms with van der Waals surface area (Å²) in [6, 6.07) is 4.26. The molecule has 7 heteroatoms. The fourth-order valence-electron chi connectivity index (χ4n) is 2.07. The van der Waals surface area contributed by atoms with Gasteiger partial charge in [0, 0.05) is 17.8 Å². The second-order valence-corrected chi connectivity index (χ2v) is 4.59. The highest BCUT2D eigenvalue weighted by Crippen LogP contribution is 2.32. The van der Waals surface area contributed by atoms with Gasteiger partial charge < -0.3 is 15.2 Å². The number of nitro groups is 1. The Hall–Kier alpha value is -2.31. The molecule has 0 amide bonds. The lowest BCUT2D eigenvalue weighted by Crippen LogP contribution is -2.45. The average molecular weight is 296 g/mol. The molecule has 0 radical (unpaired) electrons. The Bertz CT molecular complexity index is 526. The maximum Gasteiger partial charge on any atom is 0.329 e. The van der Waals surface area contributed by atoms with Crippen molar-refractivity contribution in [3.63, 3.8) is 0 Å². The molecule has 0 saturated heterocycles. The quantitative estimate of drug-likeness (QED) is 0.564. The molecule has 0 aliphatic heterocycles. The highest BCUT2D eigenvalue weighted by Gasteiger charge is 2.35. The molecule has 1 aromatic carbocycles. The lowest BCUT2D eigenvalue weighted by atomic mass is 9.92. The molecular weight excluding hydrogens is 276 g/mol. The number of hydrogen-bond acceptors (Lipinski definition) is 5. The number of carboxylic acid groups (broad SMARTS) is 1. The molecule has 116 valence electrons. The zero-order valence-electron chi connectivity index (χ0n) is 12.4. The Morgan fingerprint density at radius 2 is 2.00 bits per heavy atom. The summed E-state index contributed by atoms with van der Waals surface area (Å²) < 4.78 is 5.25. The van der Waals surface area contributed by atoms with E-state index < -0.39 is 16.4 Å². The minimum atomic E-state index is -1.10. The standard InChI is InChI=1S/C14H20N2O5/c1-4-14(5-2,13(17)18)15-10-7-8-11(16(19)20)12(9-10)21-6-3/h7-9,15H,4-6H2,1-3H3,(H,17,18). The van der Waals surface area contributed by atoms with Gasteiger partial charge in [-0.25, -0.2) is 4.79 Å². The van der Waals surface area contributed by atoms with E-state index in [2.05, 4.69) is 5.32 Å². The van der Waals surface area contributed by atoms with Crippen LogP contribution >= 0.6 is 0 Å². The summed E-state index contributed by atoms with van der Waals surface area (Å²) in [4.78, 5) is 21.9. The van der Waals surface area contributed by atoms with Crippen LogP contribution in [0.15, 0.2) is 18.2 Å². The molecule has 0 aliphatic carbocycles. The van der Waals surface area contributed by atoms with Gasteiger partial charge in [0.05, 0.1) is 11.5 Å². The van der Waals surface area contributed by atoms with Crippen molar-refractivity contribution >= 4 is 17.3 Å². The first-order valence-electron chi connectivity index (χ1n) is 6.83. The zero-order valence-corrected chi connectivity index (χ0v) is 12.4. The van der Waals surface area contributed by atoms with Crippen LogP contribution in [0.3, 0.4) is 0 Å². The normalized spacial score (nSPS) is 11.0. The Labute approximate surface area is 123 Å². The van der Waals surface area contributed by atoms with Crippen molar-refractivity contribution in [2.24, 2.45) is 0 Å². The lowest BCUT2D eigenvalue weighted by Gasteiger charge is -2.29. The van der Waals surface area contributed by atoms with Gasteiger partial charge in [-0.15, -0.1) is 0 Å². The molecule has 0 aliphatic rings. The van der Waals surface area contributed by atoms with Gasteiger partial charge in [-0.1, -0.05) is 13.8 Å². The number of nitrogens with one attached hydrogen (secondary N) is 1. The topological polar surface area (TPSA) is 102 Å². The van der Waals surface area contributed by atoms with Crippen LogP contribution in [-0.2, 0) is 4.79 Å². The summed E-state index contributed by atoms with van der Waals surface area (Å²) in [6.07, 6.45) is 0.777. The number of ether oxygens (including phenoxy) is 1. The van der Waals surface area contributed by atoms with E-state index in [0.29, 0.717) is 18.5 Å². The van der Waals surface area contributed by atoms with E-state index in [0.717, 1.165) is 0 Å². The smallest absolute Gasteiger partial charge is 0.329 e. The third kappa shape index (κ3) is 3.62. The van der Waals surface area contributed by atoms with Crippen LogP contribution in [0.2, 0.25) is 0 Å². The van der Waals surface area contributed by atoms with Gasteiger partial charge in [-0.3, -0.25) is 10.1 Å². The summed E-state index contributed by atoms with van der Waals surface area (Å²) in [5.41, 5.74) is -0.758. The van der Waals surface area contributed by atoms with Crippen LogP contribution < -0.4 is 10.1 Å². The van der Waals surface area contributed by atoms with Gasteiger partial charge in [0.2, 0.25) is 0 Å². The van der Waals surface area contributed by atoms with E-state index in [1.54, 1.807) is 20.8 Å². The number of rotatable bonds is 8. The summed E-state index contributed by atoms with van der Waals surface area (Å²) in [5.74, 6) is -0.831. The van der Waals surface area contributed by atoms with Crippen molar-refractivity contribution in [1.82, 2.24) is 0 Å². The first-order valence-corrected chi connectivity index (χ1v) is 6.83. The molecule has 0 unspecified atom stereocenters. The summed E-state index contributed by atoms with van der Waals surface area (Å²) in [6.45, 7) is 5.57. The maximum absolute atomic E-state index is 11.5. The molecule has 0 saturated carbocycles. The van der Waals surface area contributed by atoms with Gasteiger partial charge in [0.15, 0.2) is 5.75 Å². The van der Waals surface area contributed by atoms with E-state index in [1.807, 2.05) is 0 Å². The van der Waals surface area contributed by atoms with Crippen LogP contribution in [0.1, 0.15) is 33.6 Å². The van der Waals surface area contributed by atoms with Crippen molar-refractivity contribution in [3.8, 4) is 5.75 Å². The minimum Gasteiger partial charge on any atom is -0.487 e. The van der Waals surface area contributed by atoms with E-state index in [-0.39, 0.29) is 18.0 Å². The highest BCUT2D eigenvalue weighted by atomic mass is 16.6. The summed E-state index contributed by atoms with van der Waals surface area (Å²) >= 11 is 0. The molecule has 21 heavy (non-hydrogen) atoms. The first kappa shape index (κ1) is 16.7. The number of aliphatic carboxylic acids is 1.